The van der Waals surface area contributed by atoms with E-state index in [9.17, 15) is 5.11 Å². The molecule has 1 aromatic heterocycles. The first kappa shape index (κ1) is 15.7. The van der Waals surface area contributed by atoms with Crippen molar-refractivity contribution in [1.82, 2.24) is 4.98 Å². The number of rotatable bonds is 4. The van der Waals surface area contributed by atoms with E-state index >= 15 is 0 Å². The van der Waals surface area contributed by atoms with Crippen LogP contribution in [0.1, 0.15) is 32.6 Å². The molecule has 112 valence electrons. The summed E-state index contributed by atoms with van der Waals surface area (Å²) in [4.78, 5) is 4.33. The molecule has 1 heterocycles. The van der Waals surface area contributed by atoms with Gasteiger partial charge in [-0.25, -0.2) is 4.98 Å². The van der Waals surface area contributed by atoms with E-state index in [4.69, 9.17) is 23.2 Å². The van der Waals surface area contributed by atoms with Gasteiger partial charge in [-0.2, -0.15) is 0 Å². The summed E-state index contributed by atoms with van der Waals surface area (Å²) in [6.07, 6.45) is 3.87. The standard InChI is InChI=1S/C14H21Cl2N3O/c1-9-4-3-5-14(20,7-9)8-18-13-11(16)6-10(15)12(17-2)19-13/h6,9,20H,3-5,7-8H2,1-2H3,(H2,17,18,19). The fraction of sp³-hybridized carbons (Fsp3) is 0.643. The van der Waals surface area contributed by atoms with Crippen molar-refractivity contribution in [2.75, 3.05) is 24.2 Å². The molecule has 20 heavy (non-hydrogen) atoms. The predicted octanol–water partition coefficient (Wildman–Crippen LogP) is 3.78. The summed E-state index contributed by atoms with van der Waals surface area (Å²) in [5.41, 5.74) is -0.678. The smallest absolute Gasteiger partial charge is 0.147 e. The van der Waals surface area contributed by atoms with Crippen molar-refractivity contribution >= 4 is 34.8 Å². The first-order valence-corrected chi connectivity index (χ1v) is 7.69. The van der Waals surface area contributed by atoms with Gasteiger partial charge in [0.05, 0.1) is 15.6 Å². The lowest BCUT2D eigenvalue weighted by molar-refractivity contribution is -0.000821. The molecule has 2 unspecified atom stereocenters. The Morgan fingerprint density at radius 3 is 2.75 bits per heavy atom. The Balaban J connectivity index is 2.07. The molecule has 0 aromatic carbocycles. The van der Waals surface area contributed by atoms with Gasteiger partial charge in [-0.3, -0.25) is 0 Å². The molecule has 1 aliphatic rings. The molecule has 0 aliphatic heterocycles. The third-order valence-electron chi connectivity index (χ3n) is 3.82. The molecule has 1 aliphatic carbocycles. The van der Waals surface area contributed by atoms with Crippen molar-refractivity contribution in [2.45, 2.75) is 38.2 Å². The maximum Gasteiger partial charge on any atom is 0.147 e. The van der Waals surface area contributed by atoms with Gasteiger partial charge in [0.2, 0.25) is 0 Å². The summed E-state index contributed by atoms with van der Waals surface area (Å²) in [5, 5.41) is 17.6. The average Bonchev–Trinajstić information content (AvgIpc) is 2.37. The quantitative estimate of drug-likeness (QED) is 0.791. The van der Waals surface area contributed by atoms with Crippen molar-refractivity contribution in [1.29, 1.82) is 0 Å². The Morgan fingerprint density at radius 2 is 2.10 bits per heavy atom. The summed E-state index contributed by atoms with van der Waals surface area (Å²) in [6, 6.07) is 1.65. The molecule has 0 saturated heterocycles. The topological polar surface area (TPSA) is 57.2 Å². The summed E-state index contributed by atoms with van der Waals surface area (Å²) in [7, 11) is 1.75. The maximum absolute atomic E-state index is 10.6. The number of anilines is 2. The van der Waals surface area contributed by atoms with E-state index < -0.39 is 5.60 Å². The van der Waals surface area contributed by atoms with E-state index in [1.165, 1.54) is 6.42 Å². The van der Waals surface area contributed by atoms with Gasteiger partial charge in [0.15, 0.2) is 0 Å². The molecule has 2 rings (SSSR count). The summed E-state index contributed by atoms with van der Waals surface area (Å²) < 4.78 is 0. The molecule has 6 heteroatoms. The second kappa shape index (κ2) is 6.37. The zero-order chi connectivity index (χ0) is 14.8. The summed E-state index contributed by atoms with van der Waals surface area (Å²) in [6.45, 7) is 2.63. The Bertz CT molecular complexity index is 484. The molecular weight excluding hydrogens is 297 g/mol. The van der Waals surface area contributed by atoms with Crippen LogP contribution in [0.4, 0.5) is 11.6 Å². The van der Waals surface area contributed by atoms with E-state index in [0.29, 0.717) is 34.1 Å². The number of pyridine rings is 1. The average molecular weight is 318 g/mol. The van der Waals surface area contributed by atoms with E-state index in [2.05, 4.69) is 22.5 Å². The van der Waals surface area contributed by atoms with Crippen molar-refractivity contribution < 1.29 is 5.11 Å². The molecule has 0 spiro atoms. The van der Waals surface area contributed by atoms with Gasteiger partial charge in [0, 0.05) is 13.6 Å². The SMILES string of the molecule is CNc1nc(NCC2(O)CCCC(C)C2)c(Cl)cc1Cl. The Morgan fingerprint density at radius 1 is 1.40 bits per heavy atom. The minimum absolute atomic E-state index is 0.453. The van der Waals surface area contributed by atoms with Crippen molar-refractivity contribution in [3.8, 4) is 0 Å². The van der Waals surface area contributed by atoms with Crippen LogP contribution in [0.5, 0.6) is 0 Å². The van der Waals surface area contributed by atoms with Gasteiger partial charge in [-0.15, -0.1) is 0 Å². The Hall–Kier alpha value is -0.710. The lowest BCUT2D eigenvalue weighted by atomic mass is 9.79. The molecule has 2 atom stereocenters. The normalized spacial score (nSPS) is 26.4. The van der Waals surface area contributed by atoms with Crippen LogP contribution >= 0.6 is 23.2 Å². The van der Waals surface area contributed by atoms with Crippen LogP contribution in [0, 0.1) is 5.92 Å². The largest absolute Gasteiger partial charge is 0.388 e. The van der Waals surface area contributed by atoms with Gasteiger partial charge >= 0.3 is 0 Å². The van der Waals surface area contributed by atoms with Crippen molar-refractivity contribution in [3.05, 3.63) is 16.1 Å². The fourth-order valence-electron chi connectivity index (χ4n) is 2.81. The van der Waals surface area contributed by atoms with Crippen molar-refractivity contribution in [2.24, 2.45) is 5.92 Å². The molecule has 1 fully saturated rings. The number of aliphatic hydroxyl groups is 1. The highest BCUT2D eigenvalue weighted by molar-refractivity contribution is 6.37. The maximum atomic E-state index is 10.6. The molecule has 4 nitrogen and oxygen atoms in total. The lowest BCUT2D eigenvalue weighted by Crippen LogP contribution is -2.41. The Labute approximate surface area is 129 Å². The molecule has 1 aromatic rings. The zero-order valence-electron chi connectivity index (χ0n) is 11.8. The van der Waals surface area contributed by atoms with Gasteiger partial charge in [0.1, 0.15) is 11.6 Å². The minimum atomic E-state index is -0.678. The van der Waals surface area contributed by atoms with Crippen LogP contribution in [0.3, 0.4) is 0 Å². The monoisotopic (exact) mass is 317 g/mol. The van der Waals surface area contributed by atoms with E-state index in [-0.39, 0.29) is 0 Å². The second-order valence-corrected chi connectivity index (χ2v) is 6.49. The summed E-state index contributed by atoms with van der Waals surface area (Å²) in [5.74, 6) is 1.67. The van der Waals surface area contributed by atoms with Crippen LogP contribution in [-0.4, -0.2) is 29.3 Å². The van der Waals surface area contributed by atoms with E-state index in [1.54, 1.807) is 13.1 Å². The molecule has 0 radical (unpaired) electrons. The van der Waals surface area contributed by atoms with E-state index in [1.807, 2.05) is 0 Å². The van der Waals surface area contributed by atoms with Crippen molar-refractivity contribution in [3.63, 3.8) is 0 Å². The highest BCUT2D eigenvalue weighted by Crippen LogP contribution is 2.34. The minimum Gasteiger partial charge on any atom is -0.388 e. The molecule has 0 bridgehead atoms. The molecule has 1 saturated carbocycles. The number of hydrogen-bond acceptors (Lipinski definition) is 4. The number of halogens is 2. The second-order valence-electron chi connectivity index (χ2n) is 5.68. The van der Waals surface area contributed by atoms with Crippen LogP contribution in [-0.2, 0) is 0 Å². The lowest BCUT2D eigenvalue weighted by Gasteiger charge is -2.35. The van der Waals surface area contributed by atoms with E-state index in [0.717, 1.165) is 19.3 Å². The molecule has 0 amide bonds. The Kier molecular flexibility index (Phi) is 4.99. The van der Waals surface area contributed by atoms with Crippen LogP contribution in [0.25, 0.3) is 0 Å². The highest BCUT2D eigenvalue weighted by atomic mass is 35.5. The van der Waals surface area contributed by atoms with Crippen LogP contribution in [0.15, 0.2) is 6.07 Å². The highest BCUT2D eigenvalue weighted by Gasteiger charge is 2.32. The molecule has 3 N–H and O–H groups in total. The van der Waals surface area contributed by atoms with Gasteiger partial charge in [-0.05, 0) is 24.8 Å². The number of nitrogens with one attached hydrogen (secondary N) is 2. The predicted molar refractivity (Wildman–Crippen MR) is 84.9 cm³/mol. The fourth-order valence-corrected chi connectivity index (χ4v) is 3.33. The van der Waals surface area contributed by atoms with Gasteiger partial charge in [-0.1, -0.05) is 43.0 Å². The molecular formula is C14H21Cl2N3O. The summed E-state index contributed by atoms with van der Waals surface area (Å²) >= 11 is 12.1. The zero-order valence-corrected chi connectivity index (χ0v) is 13.4. The van der Waals surface area contributed by atoms with Crippen LogP contribution in [0.2, 0.25) is 10.0 Å². The third kappa shape index (κ3) is 3.68. The third-order valence-corrected chi connectivity index (χ3v) is 4.39. The first-order valence-electron chi connectivity index (χ1n) is 6.93. The number of hydrogen-bond donors (Lipinski definition) is 3. The van der Waals surface area contributed by atoms with Gasteiger partial charge in [0.25, 0.3) is 0 Å². The number of nitrogens with zero attached hydrogens (tertiary/aromatic N) is 1. The van der Waals surface area contributed by atoms with Crippen LogP contribution < -0.4 is 10.6 Å². The van der Waals surface area contributed by atoms with Gasteiger partial charge < -0.3 is 15.7 Å². The number of aromatic nitrogens is 1. The first-order chi connectivity index (χ1) is 9.43.